The van der Waals surface area contributed by atoms with Crippen LogP contribution >= 0.6 is 0 Å². The first-order valence-electron chi connectivity index (χ1n) is 10.7. The maximum atomic E-state index is 12.9. The van der Waals surface area contributed by atoms with E-state index in [0.29, 0.717) is 24.4 Å². The Morgan fingerprint density at radius 2 is 1.77 bits per heavy atom. The number of nitrogens with zero attached hydrogens (tertiary/aromatic N) is 1. The van der Waals surface area contributed by atoms with Crippen molar-refractivity contribution in [3.05, 3.63) is 29.8 Å². The lowest BCUT2D eigenvalue weighted by molar-refractivity contribution is -0.150. The van der Waals surface area contributed by atoms with Crippen LogP contribution in [0.4, 0.5) is 10.5 Å². The molecule has 0 atom stereocenters. The van der Waals surface area contributed by atoms with Gasteiger partial charge in [0.1, 0.15) is 12.1 Å². The number of amides is 4. The van der Waals surface area contributed by atoms with Crippen LogP contribution in [0.25, 0.3) is 0 Å². The molecule has 2 N–H and O–H groups in total. The van der Waals surface area contributed by atoms with Crippen LogP contribution in [0.2, 0.25) is 0 Å². The van der Waals surface area contributed by atoms with Gasteiger partial charge < -0.3 is 15.4 Å². The number of carbonyl (C=O) groups is 4. The number of carbonyl (C=O) groups excluding carboxylic acids is 4. The largest absolute Gasteiger partial charge is 0.454 e. The number of aryl methyl sites for hydroxylation is 1. The van der Waals surface area contributed by atoms with E-state index in [0.717, 1.165) is 23.3 Å². The van der Waals surface area contributed by atoms with Crippen LogP contribution in [0.15, 0.2) is 24.3 Å². The van der Waals surface area contributed by atoms with Crippen LogP contribution in [-0.2, 0) is 19.1 Å². The molecule has 1 spiro atoms. The number of rotatable bonds is 5. The minimum absolute atomic E-state index is 0.149. The average molecular weight is 430 g/mol. The van der Waals surface area contributed by atoms with Gasteiger partial charge in [-0.25, -0.2) is 4.79 Å². The Bertz CT molecular complexity index is 864. The van der Waals surface area contributed by atoms with E-state index in [2.05, 4.69) is 31.4 Å². The standard InChI is InChI=1S/C23H31N3O5/c1-15-5-7-17(8-6-15)24-18(27)14-31-19(28)13-26-20(29)23(25-21(26)30)11-9-16(10-12-23)22(2,3)4/h5-8,16H,9-14H2,1-4H3,(H,24,27)(H,25,30). The van der Waals surface area contributed by atoms with Gasteiger partial charge in [-0.2, -0.15) is 0 Å². The van der Waals surface area contributed by atoms with Crippen LogP contribution in [0.5, 0.6) is 0 Å². The molecular weight excluding hydrogens is 398 g/mol. The topological polar surface area (TPSA) is 105 Å². The summed E-state index contributed by atoms with van der Waals surface area (Å²) in [6, 6.07) is 6.61. The molecule has 31 heavy (non-hydrogen) atoms. The highest BCUT2D eigenvalue weighted by atomic mass is 16.5. The minimum Gasteiger partial charge on any atom is -0.454 e. The third kappa shape index (κ3) is 5.24. The molecule has 0 bridgehead atoms. The highest BCUT2D eigenvalue weighted by Gasteiger charge is 2.53. The van der Waals surface area contributed by atoms with E-state index in [1.807, 2.05) is 19.1 Å². The molecule has 1 aromatic carbocycles. The van der Waals surface area contributed by atoms with Gasteiger partial charge in [0.05, 0.1) is 0 Å². The SMILES string of the molecule is Cc1ccc(NC(=O)COC(=O)CN2C(=O)NC3(CCC(C(C)(C)C)CC3)C2=O)cc1. The fraction of sp³-hybridized carbons (Fsp3) is 0.565. The summed E-state index contributed by atoms with van der Waals surface area (Å²) in [4.78, 5) is 50.4. The molecule has 1 aliphatic heterocycles. The fourth-order valence-electron chi connectivity index (χ4n) is 4.29. The molecular formula is C23H31N3O5. The van der Waals surface area contributed by atoms with Crippen molar-refractivity contribution in [3.8, 4) is 0 Å². The summed E-state index contributed by atoms with van der Waals surface area (Å²) in [6.45, 7) is 7.48. The van der Waals surface area contributed by atoms with Crippen molar-refractivity contribution >= 4 is 29.5 Å². The van der Waals surface area contributed by atoms with E-state index in [1.54, 1.807) is 12.1 Å². The number of esters is 1. The summed E-state index contributed by atoms with van der Waals surface area (Å²) in [5.41, 5.74) is 0.869. The lowest BCUT2D eigenvalue weighted by atomic mass is 9.67. The summed E-state index contributed by atoms with van der Waals surface area (Å²) in [5.74, 6) is -1.20. The van der Waals surface area contributed by atoms with Crippen molar-refractivity contribution in [2.45, 2.75) is 58.9 Å². The van der Waals surface area contributed by atoms with Gasteiger partial charge in [-0.15, -0.1) is 0 Å². The predicted molar refractivity (Wildman–Crippen MR) is 115 cm³/mol. The zero-order valence-electron chi connectivity index (χ0n) is 18.6. The lowest BCUT2D eigenvalue weighted by Crippen LogP contribution is -2.50. The molecule has 8 heteroatoms. The number of nitrogens with one attached hydrogen (secondary N) is 2. The van der Waals surface area contributed by atoms with Gasteiger partial charge in [-0.05, 0) is 56.1 Å². The number of ether oxygens (including phenoxy) is 1. The third-order valence-corrected chi connectivity index (χ3v) is 6.30. The summed E-state index contributed by atoms with van der Waals surface area (Å²) in [5, 5.41) is 5.42. The Balaban J connectivity index is 1.50. The molecule has 1 aromatic rings. The van der Waals surface area contributed by atoms with Crippen molar-refractivity contribution < 1.29 is 23.9 Å². The van der Waals surface area contributed by atoms with E-state index >= 15 is 0 Å². The molecule has 1 aliphatic carbocycles. The van der Waals surface area contributed by atoms with Gasteiger partial charge in [-0.1, -0.05) is 38.5 Å². The van der Waals surface area contributed by atoms with Crippen molar-refractivity contribution in [1.29, 1.82) is 0 Å². The Morgan fingerprint density at radius 1 is 1.16 bits per heavy atom. The number of imide groups is 1. The maximum absolute atomic E-state index is 12.9. The Kier molecular flexibility index (Phi) is 6.38. The van der Waals surface area contributed by atoms with E-state index < -0.39 is 36.6 Å². The van der Waals surface area contributed by atoms with E-state index in [9.17, 15) is 19.2 Å². The van der Waals surface area contributed by atoms with Gasteiger partial charge in [0, 0.05) is 5.69 Å². The van der Waals surface area contributed by atoms with Crippen LogP contribution in [-0.4, -0.2) is 47.4 Å². The average Bonchev–Trinajstić information content (AvgIpc) is 2.92. The number of urea groups is 1. The van der Waals surface area contributed by atoms with E-state index in [1.165, 1.54) is 0 Å². The first-order chi connectivity index (χ1) is 14.5. The van der Waals surface area contributed by atoms with Crippen LogP contribution in [0.1, 0.15) is 52.0 Å². The maximum Gasteiger partial charge on any atom is 0.326 e. The highest BCUT2D eigenvalue weighted by molar-refractivity contribution is 6.08. The van der Waals surface area contributed by atoms with Crippen molar-refractivity contribution in [2.24, 2.45) is 11.3 Å². The molecule has 1 saturated carbocycles. The molecule has 0 aromatic heterocycles. The van der Waals surface area contributed by atoms with Crippen molar-refractivity contribution in [2.75, 3.05) is 18.5 Å². The molecule has 1 heterocycles. The number of benzene rings is 1. The third-order valence-electron chi connectivity index (χ3n) is 6.30. The van der Waals surface area contributed by atoms with Crippen molar-refractivity contribution in [3.63, 3.8) is 0 Å². The zero-order valence-corrected chi connectivity index (χ0v) is 18.6. The molecule has 1 saturated heterocycles. The molecule has 0 unspecified atom stereocenters. The molecule has 8 nitrogen and oxygen atoms in total. The van der Waals surface area contributed by atoms with E-state index in [4.69, 9.17) is 4.74 Å². The van der Waals surface area contributed by atoms with Gasteiger partial charge in [0.2, 0.25) is 0 Å². The van der Waals surface area contributed by atoms with Crippen LogP contribution in [0, 0.1) is 18.3 Å². The second-order valence-electron chi connectivity index (χ2n) is 9.62. The van der Waals surface area contributed by atoms with Gasteiger partial charge in [0.15, 0.2) is 6.61 Å². The Labute approximate surface area is 182 Å². The predicted octanol–water partition coefficient (Wildman–Crippen LogP) is 3.00. The molecule has 0 radical (unpaired) electrons. The fourth-order valence-corrected chi connectivity index (χ4v) is 4.29. The molecule has 2 aliphatic rings. The minimum atomic E-state index is -0.929. The number of hydrogen-bond donors (Lipinski definition) is 2. The number of anilines is 1. The first-order valence-corrected chi connectivity index (χ1v) is 10.7. The van der Waals surface area contributed by atoms with E-state index in [-0.39, 0.29) is 11.3 Å². The molecule has 3 rings (SSSR count). The summed E-state index contributed by atoms with van der Waals surface area (Å²) < 4.78 is 4.97. The zero-order chi connectivity index (χ0) is 22.8. The quantitative estimate of drug-likeness (QED) is 0.553. The summed E-state index contributed by atoms with van der Waals surface area (Å²) in [7, 11) is 0. The summed E-state index contributed by atoms with van der Waals surface area (Å²) in [6.07, 6.45) is 2.80. The van der Waals surface area contributed by atoms with Gasteiger partial charge in [-0.3, -0.25) is 19.3 Å². The normalized spacial score (nSPS) is 23.6. The molecule has 2 fully saturated rings. The van der Waals surface area contributed by atoms with Crippen molar-refractivity contribution in [1.82, 2.24) is 10.2 Å². The second-order valence-corrected chi connectivity index (χ2v) is 9.62. The Morgan fingerprint density at radius 3 is 2.35 bits per heavy atom. The molecule has 168 valence electrons. The highest BCUT2D eigenvalue weighted by Crippen LogP contribution is 2.43. The monoisotopic (exact) mass is 429 g/mol. The number of hydrogen-bond acceptors (Lipinski definition) is 5. The lowest BCUT2D eigenvalue weighted by Gasteiger charge is -2.40. The summed E-state index contributed by atoms with van der Waals surface area (Å²) >= 11 is 0. The van der Waals surface area contributed by atoms with Gasteiger partial charge in [0.25, 0.3) is 11.8 Å². The Hall–Kier alpha value is -2.90. The van der Waals surface area contributed by atoms with Gasteiger partial charge >= 0.3 is 12.0 Å². The first kappa shape index (κ1) is 22.8. The van der Waals surface area contributed by atoms with Crippen LogP contribution in [0.3, 0.4) is 0 Å². The second kappa shape index (κ2) is 8.69. The smallest absolute Gasteiger partial charge is 0.326 e. The molecule has 4 amide bonds. The van der Waals surface area contributed by atoms with Crippen LogP contribution < -0.4 is 10.6 Å².